The lowest BCUT2D eigenvalue weighted by Crippen LogP contribution is -2.23. The van der Waals surface area contributed by atoms with Crippen LogP contribution in [0, 0.1) is 0 Å². The van der Waals surface area contributed by atoms with Crippen LogP contribution in [-0.4, -0.2) is 31.5 Å². The summed E-state index contributed by atoms with van der Waals surface area (Å²) in [6.45, 7) is 2.08. The number of hydrogen-bond acceptors (Lipinski definition) is 4. The summed E-state index contributed by atoms with van der Waals surface area (Å²) >= 11 is 0. The van der Waals surface area contributed by atoms with Crippen molar-refractivity contribution in [3.05, 3.63) is 52.9 Å². The number of sulfonamides is 1. The second-order valence-electron chi connectivity index (χ2n) is 6.84. The third kappa shape index (κ3) is 3.85. The molecule has 0 aliphatic carbocycles. The van der Waals surface area contributed by atoms with Gasteiger partial charge in [0.05, 0.1) is 15.9 Å². The van der Waals surface area contributed by atoms with Gasteiger partial charge < -0.3 is 14.9 Å². The van der Waals surface area contributed by atoms with Gasteiger partial charge in [-0.1, -0.05) is 12.8 Å². The van der Waals surface area contributed by atoms with Crippen molar-refractivity contribution >= 4 is 32.4 Å². The second kappa shape index (κ2) is 7.11. The van der Waals surface area contributed by atoms with Gasteiger partial charge in [-0.05, 0) is 55.3 Å². The second-order valence-corrected chi connectivity index (χ2v) is 8.52. The molecule has 0 radical (unpaired) electrons. The van der Waals surface area contributed by atoms with Crippen LogP contribution in [-0.2, 0) is 10.0 Å². The first-order chi connectivity index (χ1) is 13.0. The molecule has 0 spiro atoms. The molecule has 27 heavy (non-hydrogen) atoms. The minimum Gasteiger partial charge on any atom is -0.372 e. The van der Waals surface area contributed by atoms with E-state index in [1.54, 1.807) is 18.2 Å². The molecule has 0 amide bonds. The van der Waals surface area contributed by atoms with Gasteiger partial charge in [0.15, 0.2) is 0 Å². The lowest BCUT2D eigenvalue weighted by molar-refractivity contribution is 0.601. The van der Waals surface area contributed by atoms with Crippen LogP contribution < -0.4 is 15.3 Å². The summed E-state index contributed by atoms with van der Waals surface area (Å²) in [6, 6.07) is 12.0. The molecule has 1 saturated heterocycles. The minimum atomic E-state index is -3.74. The highest BCUT2D eigenvalue weighted by molar-refractivity contribution is 7.92. The molecule has 1 aromatic heterocycles. The van der Waals surface area contributed by atoms with E-state index in [-0.39, 0.29) is 10.6 Å². The zero-order valence-corrected chi connectivity index (χ0v) is 15.7. The van der Waals surface area contributed by atoms with E-state index in [0.717, 1.165) is 18.8 Å². The highest BCUT2D eigenvalue weighted by Gasteiger charge is 2.16. The number of aromatic amines is 2. The number of H-pyrrole nitrogens is 2. The predicted molar refractivity (Wildman–Crippen MR) is 107 cm³/mol. The standard InChI is InChI=1S/C19H22N4O3S/c24-19-20-17-10-9-16(13-18(17)21-19)27(25,26)22-14-5-7-15(8-6-14)23-11-3-1-2-4-12-23/h5-10,13,22H,1-4,11-12H2,(H2,20,21,24). The van der Waals surface area contributed by atoms with E-state index in [1.807, 2.05) is 12.1 Å². The topological polar surface area (TPSA) is 98.1 Å². The Balaban J connectivity index is 1.53. The van der Waals surface area contributed by atoms with Crippen molar-refractivity contribution in [2.24, 2.45) is 0 Å². The van der Waals surface area contributed by atoms with Gasteiger partial charge in [-0.2, -0.15) is 0 Å². The number of aromatic nitrogens is 2. The summed E-state index contributed by atoms with van der Waals surface area (Å²) in [5.74, 6) is 0. The first kappa shape index (κ1) is 17.7. The Morgan fingerprint density at radius 1 is 0.852 bits per heavy atom. The number of fused-ring (bicyclic) bond motifs is 1. The number of anilines is 2. The molecule has 142 valence electrons. The molecule has 2 heterocycles. The van der Waals surface area contributed by atoms with E-state index >= 15 is 0 Å². The molecule has 0 saturated carbocycles. The molecular formula is C19H22N4O3S. The number of nitrogens with zero attached hydrogens (tertiary/aromatic N) is 1. The molecule has 1 aliphatic heterocycles. The number of rotatable bonds is 4. The summed E-state index contributed by atoms with van der Waals surface area (Å²) in [5.41, 5.74) is 2.29. The molecule has 3 N–H and O–H groups in total. The summed E-state index contributed by atoms with van der Waals surface area (Å²) < 4.78 is 27.9. The van der Waals surface area contributed by atoms with Crippen LogP contribution in [0.2, 0.25) is 0 Å². The minimum absolute atomic E-state index is 0.0989. The number of benzene rings is 2. The van der Waals surface area contributed by atoms with Crippen LogP contribution in [0.15, 0.2) is 52.2 Å². The van der Waals surface area contributed by atoms with Crippen LogP contribution in [0.5, 0.6) is 0 Å². The van der Waals surface area contributed by atoms with E-state index in [2.05, 4.69) is 19.6 Å². The molecule has 1 aliphatic rings. The molecule has 0 atom stereocenters. The normalized spacial score (nSPS) is 15.6. The Labute approximate surface area is 157 Å². The van der Waals surface area contributed by atoms with Crippen LogP contribution in [0.1, 0.15) is 25.7 Å². The summed E-state index contributed by atoms with van der Waals surface area (Å²) in [5, 5.41) is 0. The third-order valence-corrected chi connectivity index (χ3v) is 6.27. The highest BCUT2D eigenvalue weighted by Crippen LogP contribution is 2.24. The van der Waals surface area contributed by atoms with E-state index < -0.39 is 10.0 Å². The fourth-order valence-electron chi connectivity index (χ4n) is 3.46. The van der Waals surface area contributed by atoms with Gasteiger partial charge in [-0.25, -0.2) is 13.2 Å². The smallest absolute Gasteiger partial charge is 0.323 e. The summed E-state index contributed by atoms with van der Waals surface area (Å²) in [4.78, 5) is 19.0. The average molecular weight is 386 g/mol. The molecular weight excluding hydrogens is 364 g/mol. The third-order valence-electron chi connectivity index (χ3n) is 4.89. The molecule has 2 aromatic carbocycles. The molecule has 4 rings (SSSR count). The zero-order chi connectivity index (χ0) is 18.9. The molecule has 1 fully saturated rings. The lowest BCUT2D eigenvalue weighted by Gasteiger charge is -2.22. The first-order valence-corrected chi connectivity index (χ1v) is 10.6. The van der Waals surface area contributed by atoms with Crippen molar-refractivity contribution < 1.29 is 8.42 Å². The molecule has 0 unspecified atom stereocenters. The largest absolute Gasteiger partial charge is 0.372 e. The Morgan fingerprint density at radius 3 is 2.22 bits per heavy atom. The van der Waals surface area contributed by atoms with E-state index in [0.29, 0.717) is 16.7 Å². The fourth-order valence-corrected chi connectivity index (χ4v) is 4.55. The van der Waals surface area contributed by atoms with Gasteiger partial charge in [0, 0.05) is 24.5 Å². The predicted octanol–water partition coefficient (Wildman–Crippen LogP) is 3.04. The lowest BCUT2D eigenvalue weighted by atomic mass is 10.2. The van der Waals surface area contributed by atoms with E-state index in [4.69, 9.17) is 0 Å². The highest BCUT2D eigenvalue weighted by atomic mass is 32.2. The first-order valence-electron chi connectivity index (χ1n) is 9.11. The Bertz CT molecular complexity index is 1090. The molecule has 7 nitrogen and oxygen atoms in total. The Hall–Kier alpha value is -2.74. The quantitative estimate of drug-likeness (QED) is 0.642. The molecule has 8 heteroatoms. The molecule has 3 aromatic rings. The van der Waals surface area contributed by atoms with Crippen LogP contribution >= 0.6 is 0 Å². The van der Waals surface area contributed by atoms with Gasteiger partial charge in [-0.3, -0.25) is 4.72 Å². The number of hydrogen-bond donors (Lipinski definition) is 3. The maximum Gasteiger partial charge on any atom is 0.323 e. The fraction of sp³-hybridized carbons (Fsp3) is 0.316. The van der Waals surface area contributed by atoms with Gasteiger partial charge in [0.25, 0.3) is 10.0 Å². The summed E-state index contributed by atoms with van der Waals surface area (Å²) in [7, 11) is -3.74. The van der Waals surface area contributed by atoms with Gasteiger partial charge in [-0.15, -0.1) is 0 Å². The number of nitrogens with one attached hydrogen (secondary N) is 3. The maximum atomic E-state index is 12.7. The van der Waals surface area contributed by atoms with Crippen LogP contribution in [0.4, 0.5) is 11.4 Å². The van der Waals surface area contributed by atoms with E-state index in [9.17, 15) is 13.2 Å². The van der Waals surface area contributed by atoms with Crippen LogP contribution in [0.25, 0.3) is 11.0 Å². The summed E-state index contributed by atoms with van der Waals surface area (Å²) in [6.07, 6.45) is 4.92. The number of imidazole rings is 1. The SMILES string of the molecule is O=c1[nH]c2ccc(S(=O)(=O)Nc3ccc(N4CCCCCC4)cc3)cc2[nH]1. The average Bonchev–Trinajstić information content (AvgIpc) is 2.83. The van der Waals surface area contributed by atoms with Crippen molar-refractivity contribution in [1.82, 2.24) is 9.97 Å². The van der Waals surface area contributed by atoms with Crippen molar-refractivity contribution in [1.29, 1.82) is 0 Å². The maximum absolute atomic E-state index is 12.7. The van der Waals surface area contributed by atoms with E-state index in [1.165, 1.54) is 37.8 Å². The van der Waals surface area contributed by atoms with Crippen molar-refractivity contribution in [3.63, 3.8) is 0 Å². The monoisotopic (exact) mass is 386 g/mol. The molecule has 0 bridgehead atoms. The van der Waals surface area contributed by atoms with Gasteiger partial charge in [0.2, 0.25) is 0 Å². The van der Waals surface area contributed by atoms with Crippen molar-refractivity contribution in [2.45, 2.75) is 30.6 Å². The van der Waals surface area contributed by atoms with Crippen molar-refractivity contribution in [2.75, 3.05) is 22.7 Å². The Morgan fingerprint density at radius 2 is 1.52 bits per heavy atom. The Kier molecular flexibility index (Phi) is 4.65. The van der Waals surface area contributed by atoms with Gasteiger partial charge >= 0.3 is 5.69 Å². The zero-order valence-electron chi connectivity index (χ0n) is 14.9. The van der Waals surface area contributed by atoms with Gasteiger partial charge in [0.1, 0.15) is 0 Å². The van der Waals surface area contributed by atoms with Crippen molar-refractivity contribution in [3.8, 4) is 0 Å². The van der Waals surface area contributed by atoms with Crippen LogP contribution in [0.3, 0.4) is 0 Å².